The number of benzene rings is 1. The number of H-pyrrole nitrogens is 1. The Kier molecular flexibility index (Phi) is 3.65. The maximum absolute atomic E-state index is 12.4. The molecule has 0 unspecified atom stereocenters. The van der Waals surface area contributed by atoms with Crippen LogP contribution in [0.15, 0.2) is 24.3 Å². The van der Waals surface area contributed by atoms with Crippen LogP contribution in [0.5, 0.6) is 0 Å². The lowest BCUT2D eigenvalue weighted by Gasteiger charge is -2.34. The van der Waals surface area contributed by atoms with Gasteiger partial charge in [-0.1, -0.05) is 24.3 Å². The largest absolute Gasteiger partial charge is 0.349 e. The molecule has 0 fully saturated rings. The number of carbonyl (C=O) groups excluding carboxylic acids is 1. The van der Waals surface area contributed by atoms with Gasteiger partial charge in [-0.15, -0.1) is 0 Å². The van der Waals surface area contributed by atoms with Crippen molar-refractivity contribution < 1.29 is 4.79 Å². The van der Waals surface area contributed by atoms with Gasteiger partial charge in [-0.2, -0.15) is 5.10 Å². The average molecular weight is 310 g/mol. The quantitative estimate of drug-likeness (QED) is 0.907. The fourth-order valence-corrected chi connectivity index (χ4v) is 3.75. The first-order chi connectivity index (χ1) is 11.2. The Bertz CT molecular complexity index is 736. The summed E-state index contributed by atoms with van der Waals surface area (Å²) in [4.78, 5) is 14.8. The van der Waals surface area contributed by atoms with Gasteiger partial charge in [0.2, 0.25) is 0 Å². The van der Waals surface area contributed by atoms with Crippen LogP contribution in [-0.2, 0) is 25.8 Å². The Morgan fingerprint density at radius 2 is 2.17 bits per heavy atom. The Morgan fingerprint density at radius 1 is 1.35 bits per heavy atom. The van der Waals surface area contributed by atoms with E-state index in [1.165, 1.54) is 11.1 Å². The summed E-state index contributed by atoms with van der Waals surface area (Å²) in [5.74, 6) is -0.0448. The lowest BCUT2D eigenvalue weighted by molar-refractivity contribution is 0.0928. The van der Waals surface area contributed by atoms with E-state index in [2.05, 4.69) is 51.7 Å². The molecule has 1 aromatic heterocycles. The lowest BCUT2D eigenvalue weighted by Crippen LogP contribution is -2.45. The van der Waals surface area contributed by atoms with Crippen LogP contribution in [-0.4, -0.2) is 40.6 Å². The topological polar surface area (TPSA) is 61.0 Å². The summed E-state index contributed by atoms with van der Waals surface area (Å²) in [5, 5.41) is 10.3. The molecule has 1 aromatic carbocycles. The number of carbonyl (C=O) groups is 1. The molecule has 2 aliphatic rings. The van der Waals surface area contributed by atoms with Gasteiger partial charge in [0.05, 0.1) is 0 Å². The van der Waals surface area contributed by atoms with Gasteiger partial charge in [0.1, 0.15) is 0 Å². The summed E-state index contributed by atoms with van der Waals surface area (Å²) in [5.41, 5.74) is 5.63. The summed E-state index contributed by atoms with van der Waals surface area (Å²) in [6, 6.07) is 8.89. The van der Waals surface area contributed by atoms with Crippen molar-refractivity contribution in [1.29, 1.82) is 0 Å². The van der Waals surface area contributed by atoms with Crippen LogP contribution >= 0.6 is 0 Å². The first-order valence-corrected chi connectivity index (χ1v) is 8.33. The van der Waals surface area contributed by atoms with Gasteiger partial charge >= 0.3 is 0 Å². The predicted molar refractivity (Wildman–Crippen MR) is 88.3 cm³/mol. The Labute approximate surface area is 136 Å². The minimum Gasteiger partial charge on any atom is -0.349 e. The van der Waals surface area contributed by atoms with Crippen molar-refractivity contribution in [2.24, 2.45) is 0 Å². The summed E-state index contributed by atoms with van der Waals surface area (Å²) in [6.45, 7) is 1.60. The van der Waals surface area contributed by atoms with Crippen molar-refractivity contribution in [1.82, 2.24) is 20.4 Å². The highest BCUT2D eigenvalue weighted by Crippen LogP contribution is 2.23. The van der Waals surface area contributed by atoms with E-state index in [4.69, 9.17) is 0 Å². The first-order valence-electron chi connectivity index (χ1n) is 8.33. The fraction of sp³-hybridized carbons (Fsp3) is 0.444. The first kappa shape index (κ1) is 14.5. The van der Waals surface area contributed by atoms with Gasteiger partial charge in [-0.3, -0.25) is 14.8 Å². The van der Waals surface area contributed by atoms with Crippen molar-refractivity contribution in [2.45, 2.75) is 38.3 Å². The van der Waals surface area contributed by atoms with Crippen LogP contribution in [0, 0.1) is 0 Å². The van der Waals surface area contributed by atoms with Crippen LogP contribution in [0.1, 0.15) is 39.3 Å². The smallest absolute Gasteiger partial charge is 0.272 e. The Balaban J connectivity index is 1.42. The third kappa shape index (κ3) is 2.65. The number of hydrogen-bond acceptors (Lipinski definition) is 3. The van der Waals surface area contributed by atoms with E-state index in [1.807, 2.05) is 0 Å². The standard InChI is InChI=1S/C18H22N4O/c1-22-11-13-6-3-2-5-12(13)9-14(22)10-19-18(23)17-15-7-4-8-16(15)20-21-17/h2-3,5-6,14H,4,7-11H2,1H3,(H,19,23)(H,20,21)/t14-/m1/s1. The Hall–Kier alpha value is -2.14. The van der Waals surface area contributed by atoms with E-state index >= 15 is 0 Å². The van der Waals surface area contributed by atoms with Crippen molar-refractivity contribution in [2.75, 3.05) is 13.6 Å². The monoisotopic (exact) mass is 310 g/mol. The number of hydrogen-bond donors (Lipinski definition) is 2. The average Bonchev–Trinajstić information content (AvgIpc) is 3.15. The van der Waals surface area contributed by atoms with E-state index in [-0.39, 0.29) is 5.91 Å². The molecule has 5 heteroatoms. The minimum absolute atomic E-state index is 0.0448. The number of aromatic amines is 1. The number of likely N-dealkylation sites (N-methyl/N-ethyl adjacent to an activating group) is 1. The molecule has 0 saturated heterocycles. The predicted octanol–water partition coefficient (Wildman–Crippen LogP) is 1.68. The maximum Gasteiger partial charge on any atom is 0.272 e. The third-order valence-electron chi connectivity index (χ3n) is 5.14. The second kappa shape index (κ2) is 5.81. The second-order valence-electron chi connectivity index (χ2n) is 6.63. The van der Waals surface area contributed by atoms with Crippen molar-refractivity contribution >= 4 is 5.91 Å². The van der Waals surface area contributed by atoms with Gasteiger partial charge in [0.15, 0.2) is 5.69 Å². The molecule has 120 valence electrons. The van der Waals surface area contributed by atoms with E-state index in [0.717, 1.165) is 43.5 Å². The molecule has 1 amide bonds. The molecule has 23 heavy (non-hydrogen) atoms. The number of amides is 1. The highest BCUT2D eigenvalue weighted by Gasteiger charge is 2.26. The number of nitrogens with one attached hydrogen (secondary N) is 2. The number of fused-ring (bicyclic) bond motifs is 2. The number of aromatic nitrogens is 2. The third-order valence-corrected chi connectivity index (χ3v) is 5.14. The number of nitrogens with zero attached hydrogens (tertiary/aromatic N) is 2. The molecule has 0 bridgehead atoms. The van der Waals surface area contributed by atoms with Crippen molar-refractivity contribution in [3.63, 3.8) is 0 Å². The van der Waals surface area contributed by atoms with E-state index < -0.39 is 0 Å². The molecule has 2 N–H and O–H groups in total. The van der Waals surface area contributed by atoms with Crippen LogP contribution < -0.4 is 5.32 Å². The molecule has 2 heterocycles. The van der Waals surface area contributed by atoms with Gasteiger partial charge in [0.25, 0.3) is 5.91 Å². The van der Waals surface area contributed by atoms with Crippen LogP contribution in [0.2, 0.25) is 0 Å². The van der Waals surface area contributed by atoms with Crippen molar-refractivity contribution in [3.8, 4) is 0 Å². The molecule has 0 radical (unpaired) electrons. The molecule has 0 spiro atoms. The summed E-state index contributed by atoms with van der Waals surface area (Å²) in [7, 11) is 2.12. The summed E-state index contributed by atoms with van der Waals surface area (Å²) in [6.07, 6.45) is 4.07. The zero-order valence-corrected chi connectivity index (χ0v) is 13.4. The van der Waals surface area contributed by atoms with Gasteiger partial charge in [0, 0.05) is 30.4 Å². The zero-order chi connectivity index (χ0) is 15.8. The molecule has 1 aliphatic carbocycles. The number of aryl methyl sites for hydroxylation is 1. The normalized spacial score (nSPS) is 20.1. The lowest BCUT2D eigenvalue weighted by atomic mass is 9.94. The molecule has 1 aliphatic heterocycles. The maximum atomic E-state index is 12.4. The van der Waals surface area contributed by atoms with Gasteiger partial charge < -0.3 is 5.32 Å². The molecule has 1 atom stereocenters. The van der Waals surface area contributed by atoms with E-state index in [9.17, 15) is 4.79 Å². The van der Waals surface area contributed by atoms with Crippen LogP contribution in [0.25, 0.3) is 0 Å². The highest BCUT2D eigenvalue weighted by atomic mass is 16.1. The van der Waals surface area contributed by atoms with Crippen LogP contribution in [0.3, 0.4) is 0 Å². The SMILES string of the molecule is CN1Cc2ccccc2C[C@@H]1CNC(=O)c1n[nH]c2c1CCC2. The molecular formula is C18H22N4O. The van der Waals surface area contributed by atoms with Crippen LogP contribution in [0.4, 0.5) is 0 Å². The number of rotatable bonds is 3. The highest BCUT2D eigenvalue weighted by molar-refractivity contribution is 5.94. The minimum atomic E-state index is -0.0448. The Morgan fingerprint density at radius 3 is 3.04 bits per heavy atom. The summed E-state index contributed by atoms with van der Waals surface area (Å²) >= 11 is 0. The van der Waals surface area contributed by atoms with E-state index in [0.29, 0.717) is 18.3 Å². The van der Waals surface area contributed by atoms with Crippen molar-refractivity contribution in [3.05, 3.63) is 52.3 Å². The second-order valence-corrected chi connectivity index (χ2v) is 6.63. The zero-order valence-electron chi connectivity index (χ0n) is 13.4. The molecule has 5 nitrogen and oxygen atoms in total. The fourth-order valence-electron chi connectivity index (χ4n) is 3.75. The van der Waals surface area contributed by atoms with Gasteiger partial charge in [-0.05, 0) is 43.9 Å². The molecule has 0 saturated carbocycles. The van der Waals surface area contributed by atoms with E-state index in [1.54, 1.807) is 0 Å². The summed E-state index contributed by atoms with van der Waals surface area (Å²) < 4.78 is 0. The van der Waals surface area contributed by atoms with Gasteiger partial charge in [-0.25, -0.2) is 0 Å². The molecule has 4 rings (SSSR count). The molecule has 2 aromatic rings. The molecular weight excluding hydrogens is 288 g/mol.